The highest BCUT2D eigenvalue weighted by atomic mass is 16.1. The van der Waals surface area contributed by atoms with Crippen molar-refractivity contribution in [2.24, 2.45) is 16.6 Å². The summed E-state index contributed by atoms with van der Waals surface area (Å²) in [6.07, 6.45) is 4.94. The van der Waals surface area contributed by atoms with Crippen molar-refractivity contribution in [3.05, 3.63) is 30.3 Å². The smallest absolute Gasteiger partial charge is 0.217 e. The minimum atomic E-state index is -0.196. The summed E-state index contributed by atoms with van der Waals surface area (Å²) in [7, 11) is 0. The van der Waals surface area contributed by atoms with E-state index in [4.69, 9.17) is 10.7 Å². The molecule has 0 spiro atoms. The Morgan fingerprint density at radius 3 is 2.61 bits per heavy atom. The van der Waals surface area contributed by atoms with Gasteiger partial charge in [0.15, 0.2) is 5.96 Å². The van der Waals surface area contributed by atoms with Crippen LogP contribution in [0, 0.1) is 5.92 Å². The summed E-state index contributed by atoms with van der Waals surface area (Å²) in [5, 5.41) is 3.43. The maximum atomic E-state index is 11.3. The van der Waals surface area contributed by atoms with Crippen LogP contribution in [0.25, 0.3) is 0 Å². The molecule has 1 aromatic carbocycles. The molecule has 0 radical (unpaired) electrons. The molecule has 7 heteroatoms. The highest BCUT2D eigenvalue weighted by Gasteiger charge is 2.23. The molecule has 3 rings (SSSR count). The van der Waals surface area contributed by atoms with Crippen molar-refractivity contribution >= 4 is 17.6 Å². The zero-order valence-electron chi connectivity index (χ0n) is 19.1. The molecule has 3 N–H and O–H groups in total. The van der Waals surface area contributed by atoms with Gasteiger partial charge in [-0.25, -0.2) is 0 Å². The van der Waals surface area contributed by atoms with Gasteiger partial charge in [-0.05, 0) is 57.2 Å². The van der Waals surface area contributed by atoms with Crippen LogP contribution in [0.2, 0.25) is 0 Å². The number of para-hydroxylation sites is 1. The van der Waals surface area contributed by atoms with Crippen LogP contribution in [-0.4, -0.2) is 80.6 Å². The summed E-state index contributed by atoms with van der Waals surface area (Å²) in [6, 6.07) is 10.7. The molecule has 7 nitrogen and oxygen atoms in total. The van der Waals surface area contributed by atoms with E-state index in [2.05, 4.69) is 57.3 Å². The second-order valence-corrected chi connectivity index (χ2v) is 8.73. The second kappa shape index (κ2) is 12.5. The maximum absolute atomic E-state index is 11.3. The first-order valence-corrected chi connectivity index (χ1v) is 12.0. The lowest BCUT2D eigenvalue weighted by atomic mass is 9.95. The topological polar surface area (TPSA) is 77.2 Å². The molecule has 1 unspecified atom stereocenters. The number of anilines is 1. The SMILES string of the molecule is CCNC(=NCCCCN1CCN(c2ccccc2)CC1)N1CCCC(CC(N)=O)C1. The number of nitrogens with one attached hydrogen (secondary N) is 1. The number of piperidine rings is 1. The van der Waals surface area contributed by atoms with E-state index >= 15 is 0 Å². The van der Waals surface area contributed by atoms with Crippen molar-refractivity contribution in [3.8, 4) is 0 Å². The quantitative estimate of drug-likeness (QED) is 0.358. The third-order valence-electron chi connectivity index (χ3n) is 6.28. The van der Waals surface area contributed by atoms with Crippen molar-refractivity contribution in [1.29, 1.82) is 0 Å². The van der Waals surface area contributed by atoms with Crippen molar-refractivity contribution in [1.82, 2.24) is 15.1 Å². The summed E-state index contributed by atoms with van der Waals surface area (Å²) >= 11 is 0. The minimum Gasteiger partial charge on any atom is -0.370 e. The number of unbranched alkanes of at least 4 members (excludes halogenated alkanes) is 1. The van der Waals surface area contributed by atoms with Gasteiger partial charge in [-0.2, -0.15) is 0 Å². The number of amides is 1. The first kappa shape index (κ1) is 23.4. The van der Waals surface area contributed by atoms with E-state index in [0.717, 1.165) is 84.1 Å². The van der Waals surface area contributed by atoms with Gasteiger partial charge in [-0.15, -0.1) is 0 Å². The monoisotopic (exact) mass is 428 g/mol. The highest BCUT2D eigenvalue weighted by Crippen LogP contribution is 2.19. The molecule has 1 amide bonds. The molecule has 0 aromatic heterocycles. The molecule has 0 saturated carbocycles. The van der Waals surface area contributed by atoms with Gasteiger partial charge in [0.05, 0.1) is 0 Å². The minimum absolute atomic E-state index is 0.196. The number of carbonyl (C=O) groups is 1. The maximum Gasteiger partial charge on any atom is 0.217 e. The van der Waals surface area contributed by atoms with Crippen LogP contribution in [0.3, 0.4) is 0 Å². The summed E-state index contributed by atoms with van der Waals surface area (Å²) in [5.41, 5.74) is 6.74. The summed E-state index contributed by atoms with van der Waals surface area (Å²) in [6.45, 7) is 11.3. The summed E-state index contributed by atoms with van der Waals surface area (Å²) in [4.78, 5) is 23.5. The zero-order chi connectivity index (χ0) is 21.9. The Hall–Kier alpha value is -2.28. The number of nitrogens with two attached hydrogens (primary N) is 1. The normalized spacial score (nSPS) is 20.7. The first-order chi connectivity index (χ1) is 15.2. The Bertz CT molecular complexity index is 687. The molecule has 2 fully saturated rings. The molecule has 1 atom stereocenters. The molecular formula is C24H40N6O. The Labute approximate surface area is 187 Å². The van der Waals surface area contributed by atoms with Gasteiger partial charge in [0, 0.05) is 64.5 Å². The van der Waals surface area contributed by atoms with Crippen LogP contribution in [-0.2, 0) is 4.79 Å². The average Bonchev–Trinajstić information content (AvgIpc) is 2.79. The average molecular weight is 429 g/mol. The molecule has 31 heavy (non-hydrogen) atoms. The van der Waals surface area contributed by atoms with Crippen LogP contribution >= 0.6 is 0 Å². The van der Waals surface area contributed by atoms with Gasteiger partial charge in [0.2, 0.25) is 5.91 Å². The third-order valence-corrected chi connectivity index (χ3v) is 6.28. The molecule has 0 bridgehead atoms. The second-order valence-electron chi connectivity index (χ2n) is 8.73. The lowest BCUT2D eigenvalue weighted by Crippen LogP contribution is -2.47. The predicted molar refractivity (Wildman–Crippen MR) is 128 cm³/mol. The Morgan fingerprint density at radius 1 is 1.13 bits per heavy atom. The van der Waals surface area contributed by atoms with E-state index < -0.39 is 0 Å². The van der Waals surface area contributed by atoms with Gasteiger partial charge in [0.25, 0.3) is 0 Å². The van der Waals surface area contributed by atoms with Crippen molar-refractivity contribution in [2.45, 2.75) is 39.0 Å². The van der Waals surface area contributed by atoms with Crippen molar-refractivity contribution < 1.29 is 4.79 Å². The van der Waals surface area contributed by atoms with Crippen LogP contribution in [0.5, 0.6) is 0 Å². The summed E-state index contributed by atoms with van der Waals surface area (Å²) < 4.78 is 0. The Kier molecular flexibility index (Phi) is 9.46. The van der Waals surface area contributed by atoms with E-state index in [1.54, 1.807) is 0 Å². The molecule has 2 saturated heterocycles. The number of piperazine rings is 1. The fourth-order valence-corrected chi connectivity index (χ4v) is 4.64. The van der Waals surface area contributed by atoms with Gasteiger partial charge in [0.1, 0.15) is 0 Å². The van der Waals surface area contributed by atoms with Crippen LogP contribution in [0.1, 0.15) is 39.0 Å². The number of primary amides is 1. The number of carbonyl (C=O) groups excluding carboxylic acids is 1. The molecule has 2 aliphatic heterocycles. The van der Waals surface area contributed by atoms with E-state index in [1.165, 1.54) is 12.1 Å². The fourth-order valence-electron chi connectivity index (χ4n) is 4.64. The number of guanidine groups is 1. The predicted octanol–water partition coefficient (Wildman–Crippen LogP) is 2.14. The lowest BCUT2D eigenvalue weighted by molar-refractivity contribution is -0.119. The molecular weight excluding hydrogens is 388 g/mol. The number of rotatable bonds is 9. The lowest BCUT2D eigenvalue weighted by Gasteiger charge is -2.36. The fraction of sp³-hybridized carbons (Fsp3) is 0.667. The number of likely N-dealkylation sites (tertiary alicyclic amines) is 1. The van der Waals surface area contributed by atoms with Gasteiger partial charge in [-0.1, -0.05) is 18.2 Å². The highest BCUT2D eigenvalue weighted by molar-refractivity contribution is 5.80. The van der Waals surface area contributed by atoms with Crippen LogP contribution in [0.15, 0.2) is 35.3 Å². The third kappa shape index (κ3) is 7.73. The zero-order valence-corrected chi connectivity index (χ0v) is 19.1. The van der Waals surface area contributed by atoms with E-state index in [1.807, 2.05) is 0 Å². The largest absolute Gasteiger partial charge is 0.370 e. The Balaban J connectivity index is 1.36. The molecule has 2 aliphatic rings. The number of benzene rings is 1. The number of hydrogen-bond donors (Lipinski definition) is 2. The summed E-state index contributed by atoms with van der Waals surface area (Å²) in [5.74, 6) is 1.15. The van der Waals surface area contributed by atoms with E-state index in [-0.39, 0.29) is 5.91 Å². The molecule has 2 heterocycles. The molecule has 0 aliphatic carbocycles. The first-order valence-electron chi connectivity index (χ1n) is 12.0. The Morgan fingerprint density at radius 2 is 1.90 bits per heavy atom. The molecule has 172 valence electrons. The van der Waals surface area contributed by atoms with Crippen molar-refractivity contribution in [3.63, 3.8) is 0 Å². The number of aliphatic imine (C=N–C) groups is 1. The van der Waals surface area contributed by atoms with E-state index in [9.17, 15) is 4.79 Å². The number of nitrogens with zero attached hydrogens (tertiary/aromatic N) is 4. The van der Waals surface area contributed by atoms with Crippen molar-refractivity contribution in [2.75, 3.05) is 63.8 Å². The van der Waals surface area contributed by atoms with E-state index in [0.29, 0.717) is 12.3 Å². The van der Waals surface area contributed by atoms with Crippen LogP contribution in [0.4, 0.5) is 5.69 Å². The standard InChI is InChI=1S/C24H40N6O/c1-2-26-24(30-14-8-9-21(20-30)19-23(25)31)27-12-6-7-13-28-15-17-29(18-16-28)22-10-4-3-5-11-22/h3-5,10-11,21H,2,6-9,12-20H2,1H3,(H2,25,31)(H,26,27). The molecule has 1 aromatic rings. The number of hydrogen-bond acceptors (Lipinski definition) is 4. The van der Waals surface area contributed by atoms with Gasteiger partial charge in [-0.3, -0.25) is 14.7 Å². The van der Waals surface area contributed by atoms with Gasteiger partial charge < -0.3 is 20.9 Å². The van der Waals surface area contributed by atoms with Gasteiger partial charge >= 0.3 is 0 Å². The van der Waals surface area contributed by atoms with Crippen LogP contribution < -0.4 is 16.0 Å².